The van der Waals surface area contributed by atoms with Crippen molar-refractivity contribution in [2.45, 2.75) is 33.2 Å². The highest BCUT2D eigenvalue weighted by molar-refractivity contribution is 9.10. The summed E-state index contributed by atoms with van der Waals surface area (Å²) in [6, 6.07) is 5.59. The van der Waals surface area contributed by atoms with Crippen molar-refractivity contribution in [2.24, 2.45) is 5.92 Å². The molecule has 1 aromatic rings. The molecule has 4 heteroatoms. The average Bonchev–Trinajstić information content (AvgIpc) is 2.34. The Hall–Kier alpha value is -1.03. The summed E-state index contributed by atoms with van der Waals surface area (Å²) < 4.78 is 6.13. The van der Waals surface area contributed by atoms with Gasteiger partial charge in [-0.05, 0) is 30.5 Å². The van der Waals surface area contributed by atoms with Crippen LogP contribution in [0, 0.1) is 5.92 Å². The van der Waals surface area contributed by atoms with Crippen molar-refractivity contribution in [3.8, 4) is 5.75 Å². The highest BCUT2D eigenvalue weighted by atomic mass is 79.9. The van der Waals surface area contributed by atoms with Crippen LogP contribution in [0.5, 0.6) is 5.75 Å². The van der Waals surface area contributed by atoms with E-state index >= 15 is 0 Å². The second kappa shape index (κ2) is 6.78. The predicted molar refractivity (Wildman–Crippen MR) is 77.1 cm³/mol. The minimum Gasteiger partial charge on any atom is -0.496 e. The van der Waals surface area contributed by atoms with Gasteiger partial charge in [0, 0.05) is 10.5 Å². The van der Waals surface area contributed by atoms with E-state index in [0.29, 0.717) is 17.2 Å². The first-order chi connectivity index (χ1) is 8.49. The van der Waals surface area contributed by atoms with Crippen LogP contribution in [0.25, 0.3) is 0 Å². The molecule has 0 aliphatic rings. The van der Waals surface area contributed by atoms with Gasteiger partial charge < -0.3 is 10.1 Å². The van der Waals surface area contributed by atoms with Gasteiger partial charge in [0.25, 0.3) is 5.91 Å². The van der Waals surface area contributed by atoms with E-state index < -0.39 is 0 Å². The van der Waals surface area contributed by atoms with Crippen LogP contribution in [-0.4, -0.2) is 19.1 Å². The van der Waals surface area contributed by atoms with E-state index in [0.717, 1.165) is 10.9 Å². The number of carbonyl (C=O) groups excluding carboxylic acids is 1. The summed E-state index contributed by atoms with van der Waals surface area (Å²) in [6.45, 7) is 6.28. The number of halogens is 1. The molecule has 0 aliphatic carbocycles. The lowest BCUT2D eigenvalue weighted by molar-refractivity contribution is 0.0921. The van der Waals surface area contributed by atoms with Crippen molar-refractivity contribution in [2.75, 3.05) is 7.11 Å². The van der Waals surface area contributed by atoms with Crippen molar-refractivity contribution < 1.29 is 9.53 Å². The van der Waals surface area contributed by atoms with Crippen molar-refractivity contribution in [3.63, 3.8) is 0 Å². The number of hydrogen-bond acceptors (Lipinski definition) is 2. The van der Waals surface area contributed by atoms with Crippen LogP contribution < -0.4 is 10.1 Å². The average molecular weight is 314 g/mol. The van der Waals surface area contributed by atoms with E-state index in [-0.39, 0.29) is 11.9 Å². The molecule has 0 heterocycles. The van der Waals surface area contributed by atoms with Crippen LogP contribution in [0.3, 0.4) is 0 Å². The lowest BCUT2D eigenvalue weighted by atomic mass is 10.0. The van der Waals surface area contributed by atoms with Crippen LogP contribution in [0.2, 0.25) is 0 Å². The summed E-state index contributed by atoms with van der Waals surface area (Å²) in [5, 5.41) is 3.04. The van der Waals surface area contributed by atoms with Gasteiger partial charge >= 0.3 is 0 Å². The Morgan fingerprint density at radius 3 is 2.61 bits per heavy atom. The second-order valence-corrected chi connectivity index (χ2v) is 5.49. The fourth-order valence-corrected chi connectivity index (χ4v) is 2.18. The Bertz CT molecular complexity index is 418. The first-order valence-electron chi connectivity index (χ1n) is 6.14. The smallest absolute Gasteiger partial charge is 0.255 e. The predicted octanol–water partition coefficient (Wildman–Crippen LogP) is 3.62. The third-order valence-electron chi connectivity index (χ3n) is 2.97. The van der Waals surface area contributed by atoms with Gasteiger partial charge in [-0.3, -0.25) is 4.79 Å². The number of benzene rings is 1. The van der Waals surface area contributed by atoms with Crippen LogP contribution in [0.1, 0.15) is 37.6 Å². The first kappa shape index (κ1) is 15.0. The molecular weight excluding hydrogens is 294 g/mol. The molecule has 0 fully saturated rings. The van der Waals surface area contributed by atoms with Gasteiger partial charge in [-0.25, -0.2) is 0 Å². The molecule has 0 spiro atoms. The quantitative estimate of drug-likeness (QED) is 0.901. The Kier molecular flexibility index (Phi) is 5.66. The topological polar surface area (TPSA) is 38.3 Å². The van der Waals surface area contributed by atoms with Gasteiger partial charge in [0.05, 0.1) is 12.7 Å². The monoisotopic (exact) mass is 313 g/mol. The molecule has 1 unspecified atom stereocenters. The molecule has 0 aliphatic heterocycles. The number of hydrogen-bond donors (Lipinski definition) is 1. The molecular formula is C14H20BrNO2. The summed E-state index contributed by atoms with van der Waals surface area (Å²) in [5.74, 6) is 0.917. The normalized spacial score (nSPS) is 12.3. The van der Waals surface area contributed by atoms with Gasteiger partial charge in [0.2, 0.25) is 0 Å². The Balaban J connectivity index is 2.90. The first-order valence-corrected chi connectivity index (χ1v) is 6.93. The van der Waals surface area contributed by atoms with Crippen LogP contribution in [-0.2, 0) is 0 Å². The van der Waals surface area contributed by atoms with E-state index in [2.05, 4.69) is 42.0 Å². The Morgan fingerprint density at radius 1 is 1.44 bits per heavy atom. The zero-order valence-electron chi connectivity index (χ0n) is 11.3. The molecule has 0 bridgehead atoms. The molecule has 0 aromatic heterocycles. The number of carbonyl (C=O) groups is 1. The molecule has 0 radical (unpaired) electrons. The summed E-state index contributed by atoms with van der Waals surface area (Å²) in [6.07, 6.45) is 0.919. The largest absolute Gasteiger partial charge is 0.496 e. The summed E-state index contributed by atoms with van der Waals surface area (Å²) in [7, 11) is 1.57. The molecule has 100 valence electrons. The molecule has 1 aromatic carbocycles. The lowest BCUT2D eigenvalue weighted by Crippen LogP contribution is -2.38. The van der Waals surface area contributed by atoms with Crippen molar-refractivity contribution >= 4 is 21.8 Å². The molecule has 18 heavy (non-hydrogen) atoms. The SMILES string of the molecule is CCC(NC(=O)c1ccc(Br)cc1OC)C(C)C. The van der Waals surface area contributed by atoms with Crippen LogP contribution in [0.15, 0.2) is 22.7 Å². The highest BCUT2D eigenvalue weighted by Crippen LogP contribution is 2.23. The lowest BCUT2D eigenvalue weighted by Gasteiger charge is -2.21. The molecule has 1 N–H and O–H groups in total. The van der Waals surface area contributed by atoms with Gasteiger partial charge in [-0.15, -0.1) is 0 Å². The van der Waals surface area contributed by atoms with Crippen molar-refractivity contribution in [1.29, 1.82) is 0 Å². The molecule has 1 atom stereocenters. The third-order valence-corrected chi connectivity index (χ3v) is 3.46. The van der Waals surface area contributed by atoms with Crippen LogP contribution >= 0.6 is 15.9 Å². The van der Waals surface area contributed by atoms with Crippen LogP contribution in [0.4, 0.5) is 0 Å². The molecule has 0 saturated carbocycles. The van der Waals surface area contributed by atoms with Crippen molar-refractivity contribution in [3.05, 3.63) is 28.2 Å². The molecule has 3 nitrogen and oxygen atoms in total. The number of nitrogens with one attached hydrogen (secondary N) is 1. The van der Waals surface area contributed by atoms with E-state index in [1.54, 1.807) is 19.2 Å². The van der Waals surface area contributed by atoms with E-state index in [1.807, 2.05) is 6.07 Å². The highest BCUT2D eigenvalue weighted by Gasteiger charge is 2.18. The maximum absolute atomic E-state index is 12.2. The fraction of sp³-hybridized carbons (Fsp3) is 0.500. The van der Waals surface area contributed by atoms with E-state index in [1.165, 1.54) is 0 Å². The summed E-state index contributed by atoms with van der Waals surface area (Å²) >= 11 is 3.36. The zero-order chi connectivity index (χ0) is 13.7. The molecule has 0 saturated heterocycles. The number of methoxy groups -OCH3 is 1. The molecule has 1 rings (SSSR count). The van der Waals surface area contributed by atoms with E-state index in [4.69, 9.17) is 4.74 Å². The number of rotatable bonds is 5. The van der Waals surface area contributed by atoms with Gasteiger partial charge in [0.15, 0.2) is 0 Å². The summed E-state index contributed by atoms with van der Waals surface area (Å²) in [5.41, 5.74) is 0.569. The van der Waals surface area contributed by atoms with Gasteiger partial charge in [-0.2, -0.15) is 0 Å². The number of amides is 1. The standard InChI is InChI=1S/C14H20BrNO2/c1-5-12(9(2)3)16-14(17)11-7-6-10(15)8-13(11)18-4/h6-9,12H,5H2,1-4H3,(H,16,17). The maximum atomic E-state index is 12.2. The Labute approximate surface area is 117 Å². The zero-order valence-corrected chi connectivity index (χ0v) is 12.9. The second-order valence-electron chi connectivity index (χ2n) is 4.58. The van der Waals surface area contributed by atoms with Gasteiger partial charge in [-0.1, -0.05) is 36.7 Å². The fourth-order valence-electron chi connectivity index (χ4n) is 1.84. The van der Waals surface area contributed by atoms with Crippen molar-refractivity contribution in [1.82, 2.24) is 5.32 Å². The minimum atomic E-state index is -0.0834. The summed E-state index contributed by atoms with van der Waals surface area (Å²) in [4.78, 5) is 12.2. The van der Waals surface area contributed by atoms with Gasteiger partial charge in [0.1, 0.15) is 5.75 Å². The number of ether oxygens (including phenoxy) is 1. The Morgan fingerprint density at radius 2 is 2.11 bits per heavy atom. The van der Waals surface area contributed by atoms with E-state index in [9.17, 15) is 4.79 Å². The molecule has 1 amide bonds. The minimum absolute atomic E-state index is 0.0834. The maximum Gasteiger partial charge on any atom is 0.255 e. The third kappa shape index (κ3) is 3.73.